The van der Waals surface area contributed by atoms with Crippen molar-refractivity contribution in [2.75, 3.05) is 5.32 Å². The van der Waals surface area contributed by atoms with Crippen LogP contribution >= 0.6 is 11.6 Å². The zero-order valence-corrected chi connectivity index (χ0v) is 11.1. The van der Waals surface area contributed by atoms with Gasteiger partial charge >= 0.3 is 5.97 Å². The summed E-state index contributed by atoms with van der Waals surface area (Å²) in [6.45, 7) is 0. The van der Waals surface area contributed by atoms with Gasteiger partial charge in [0.2, 0.25) is 5.91 Å². The molecule has 20 heavy (non-hydrogen) atoms. The Bertz CT molecular complexity index is 717. The molecule has 0 radical (unpaired) electrons. The number of benzene rings is 1. The molecule has 0 unspecified atom stereocenters. The number of carbonyl (C=O) groups excluding carboxylic acids is 1. The summed E-state index contributed by atoms with van der Waals surface area (Å²) in [6.07, 6.45) is 2.01. The van der Waals surface area contributed by atoms with Gasteiger partial charge in [-0.05, 0) is 24.6 Å². The van der Waals surface area contributed by atoms with Crippen LogP contribution < -0.4 is 5.32 Å². The molecule has 0 spiro atoms. The molecule has 1 aliphatic carbocycles. The van der Waals surface area contributed by atoms with E-state index in [1.54, 1.807) is 24.4 Å². The van der Waals surface area contributed by atoms with Crippen molar-refractivity contribution in [3.05, 3.63) is 35.5 Å². The van der Waals surface area contributed by atoms with Crippen LogP contribution in [0, 0.1) is 11.8 Å². The normalized spacial score (nSPS) is 20.6. The predicted molar refractivity (Wildman–Crippen MR) is 74.6 cm³/mol. The number of carbonyl (C=O) groups is 2. The topological polar surface area (TPSA) is 79.3 Å². The summed E-state index contributed by atoms with van der Waals surface area (Å²) in [5.74, 6) is -2.27. The van der Waals surface area contributed by atoms with E-state index in [9.17, 15) is 9.59 Å². The van der Waals surface area contributed by atoms with E-state index in [0.717, 1.165) is 5.39 Å². The van der Waals surface area contributed by atoms with Crippen LogP contribution in [0.2, 0.25) is 5.02 Å². The molecule has 6 heteroatoms. The average Bonchev–Trinajstić information content (AvgIpc) is 3.18. The molecule has 1 aliphatic rings. The van der Waals surface area contributed by atoms with Crippen LogP contribution in [-0.2, 0) is 9.59 Å². The largest absolute Gasteiger partial charge is 0.481 e. The Hall–Kier alpha value is -2.14. The highest BCUT2D eigenvalue weighted by atomic mass is 35.5. The van der Waals surface area contributed by atoms with Crippen molar-refractivity contribution in [2.45, 2.75) is 6.42 Å². The van der Waals surface area contributed by atoms with Crippen molar-refractivity contribution in [1.82, 2.24) is 4.98 Å². The van der Waals surface area contributed by atoms with Crippen LogP contribution in [-0.4, -0.2) is 22.0 Å². The van der Waals surface area contributed by atoms with Crippen LogP contribution in [0.4, 0.5) is 5.69 Å². The van der Waals surface area contributed by atoms with E-state index < -0.39 is 17.8 Å². The number of hydrogen-bond acceptors (Lipinski definition) is 3. The third kappa shape index (κ3) is 2.32. The van der Waals surface area contributed by atoms with E-state index in [1.807, 2.05) is 6.07 Å². The highest BCUT2D eigenvalue weighted by molar-refractivity contribution is 6.32. The first-order valence-corrected chi connectivity index (χ1v) is 6.52. The molecule has 3 rings (SSSR count). The Morgan fingerprint density at radius 2 is 2.15 bits per heavy atom. The number of aliphatic carboxylic acids is 1. The third-order valence-electron chi connectivity index (χ3n) is 3.37. The quantitative estimate of drug-likeness (QED) is 0.910. The van der Waals surface area contributed by atoms with Gasteiger partial charge in [0.25, 0.3) is 0 Å². The maximum absolute atomic E-state index is 12.0. The van der Waals surface area contributed by atoms with Crippen molar-refractivity contribution in [2.24, 2.45) is 11.8 Å². The minimum Gasteiger partial charge on any atom is -0.481 e. The molecule has 1 aromatic heterocycles. The summed E-state index contributed by atoms with van der Waals surface area (Å²) >= 11 is 6.01. The highest BCUT2D eigenvalue weighted by Crippen LogP contribution is 2.40. The molecule has 0 aliphatic heterocycles. The van der Waals surface area contributed by atoms with Crippen LogP contribution in [0.25, 0.3) is 10.9 Å². The summed E-state index contributed by atoms with van der Waals surface area (Å²) in [5.41, 5.74) is 1.15. The second-order valence-electron chi connectivity index (χ2n) is 4.80. The number of aromatic nitrogens is 1. The SMILES string of the molecule is O=C(O)[C@H]1C[C@H]1C(=O)Nc1cc(Cl)cc2cccnc12. The number of nitrogens with one attached hydrogen (secondary N) is 1. The Morgan fingerprint density at radius 3 is 2.85 bits per heavy atom. The molecule has 102 valence electrons. The lowest BCUT2D eigenvalue weighted by Crippen LogP contribution is -2.17. The lowest BCUT2D eigenvalue weighted by Gasteiger charge is -2.08. The minimum atomic E-state index is -0.931. The van der Waals surface area contributed by atoms with Crippen molar-refractivity contribution < 1.29 is 14.7 Å². The molecule has 1 amide bonds. The highest BCUT2D eigenvalue weighted by Gasteiger charge is 2.48. The van der Waals surface area contributed by atoms with Crippen molar-refractivity contribution in [1.29, 1.82) is 0 Å². The standard InChI is InChI=1S/C14H11ClN2O3/c15-8-4-7-2-1-3-16-12(7)11(5-8)17-13(18)9-6-10(9)14(19)20/h1-5,9-10H,6H2,(H,17,18)(H,19,20)/t9-,10+/m1/s1. The van der Waals surface area contributed by atoms with Gasteiger partial charge in [0.1, 0.15) is 0 Å². The number of halogens is 1. The van der Waals surface area contributed by atoms with Crippen molar-refractivity contribution in [3.63, 3.8) is 0 Å². The van der Waals surface area contributed by atoms with Gasteiger partial charge in [-0.25, -0.2) is 0 Å². The first-order valence-electron chi connectivity index (χ1n) is 6.14. The van der Waals surface area contributed by atoms with Gasteiger partial charge < -0.3 is 10.4 Å². The molecule has 1 heterocycles. The average molecular weight is 291 g/mol. The molecule has 5 nitrogen and oxygen atoms in total. The summed E-state index contributed by atoms with van der Waals surface area (Å²) in [6, 6.07) is 7.01. The third-order valence-corrected chi connectivity index (χ3v) is 3.59. The molecule has 0 saturated heterocycles. The van der Waals surface area contributed by atoms with Crippen LogP contribution in [0.3, 0.4) is 0 Å². The van der Waals surface area contributed by atoms with E-state index in [4.69, 9.17) is 16.7 Å². The molecule has 2 atom stereocenters. The van der Waals surface area contributed by atoms with Gasteiger partial charge in [0.05, 0.1) is 23.0 Å². The number of carboxylic acid groups (broad SMARTS) is 1. The molecule has 1 saturated carbocycles. The smallest absolute Gasteiger partial charge is 0.307 e. The summed E-state index contributed by atoms with van der Waals surface area (Å²) in [4.78, 5) is 27.0. The maximum Gasteiger partial charge on any atom is 0.307 e. The summed E-state index contributed by atoms with van der Waals surface area (Å²) in [7, 11) is 0. The Morgan fingerprint density at radius 1 is 1.35 bits per heavy atom. The number of nitrogens with zero attached hydrogens (tertiary/aromatic N) is 1. The second kappa shape index (κ2) is 4.76. The van der Waals surface area contributed by atoms with Crippen LogP contribution in [0.5, 0.6) is 0 Å². The minimum absolute atomic E-state index is 0.299. The number of fused-ring (bicyclic) bond motifs is 1. The van der Waals surface area contributed by atoms with Crippen LogP contribution in [0.15, 0.2) is 30.5 Å². The number of anilines is 1. The Labute approximate surface area is 119 Å². The zero-order chi connectivity index (χ0) is 14.3. The van der Waals surface area contributed by atoms with Gasteiger partial charge in [-0.15, -0.1) is 0 Å². The molecule has 1 aromatic carbocycles. The fraction of sp³-hybridized carbons (Fsp3) is 0.214. The Balaban J connectivity index is 1.88. The van der Waals surface area contributed by atoms with Gasteiger partial charge in [-0.3, -0.25) is 14.6 Å². The van der Waals surface area contributed by atoms with E-state index >= 15 is 0 Å². The molecule has 0 bridgehead atoms. The van der Waals surface area contributed by atoms with Gasteiger partial charge in [-0.1, -0.05) is 17.7 Å². The van der Waals surface area contributed by atoms with Crippen molar-refractivity contribution >= 4 is 40.1 Å². The molecular weight excluding hydrogens is 280 g/mol. The number of amides is 1. The monoisotopic (exact) mass is 290 g/mol. The maximum atomic E-state index is 12.0. The number of hydrogen-bond donors (Lipinski definition) is 2. The fourth-order valence-electron chi connectivity index (χ4n) is 2.23. The van der Waals surface area contributed by atoms with Gasteiger partial charge in [0.15, 0.2) is 0 Å². The zero-order valence-electron chi connectivity index (χ0n) is 10.3. The van der Waals surface area contributed by atoms with Crippen molar-refractivity contribution in [3.8, 4) is 0 Å². The predicted octanol–water partition coefficient (Wildman–Crippen LogP) is 2.55. The first-order chi connectivity index (χ1) is 9.56. The van der Waals surface area contributed by atoms with Crippen LogP contribution in [0.1, 0.15) is 6.42 Å². The lowest BCUT2D eigenvalue weighted by molar-refractivity contribution is -0.139. The molecule has 2 aromatic rings. The van der Waals surface area contributed by atoms with E-state index in [2.05, 4.69) is 10.3 Å². The number of rotatable bonds is 3. The summed E-state index contributed by atoms with van der Waals surface area (Å²) < 4.78 is 0. The van der Waals surface area contributed by atoms with E-state index in [1.165, 1.54) is 0 Å². The van der Waals surface area contributed by atoms with E-state index in [-0.39, 0.29) is 5.91 Å². The van der Waals surface area contributed by atoms with Gasteiger partial charge in [0, 0.05) is 16.6 Å². The first kappa shape index (κ1) is 12.9. The number of carboxylic acids is 1. The molecular formula is C14H11ClN2O3. The fourth-order valence-corrected chi connectivity index (χ4v) is 2.46. The number of pyridine rings is 1. The molecule has 1 fully saturated rings. The van der Waals surface area contributed by atoms with Gasteiger partial charge in [-0.2, -0.15) is 0 Å². The lowest BCUT2D eigenvalue weighted by atomic mass is 10.2. The summed E-state index contributed by atoms with van der Waals surface area (Å²) in [5, 5.41) is 12.9. The second-order valence-corrected chi connectivity index (χ2v) is 5.24. The van der Waals surface area contributed by atoms with E-state index in [0.29, 0.717) is 22.6 Å². The molecule has 2 N–H and O–H groups in total. The Kier molecular flexibility index (Phi) is 3.06.